The molecule has 3 heteroatoms. The molecule has 0 spiro atoms. The van der Waals surface area contributed by atoms with Crippen molar-refractivity contribution < 1.29 is 14.2 Å². The number of allylic oxidation sites excluding steroid dienone is 1. The molecule has 1 heterocycles. The highest BCUT2D eigenvalue weighted by Crippen LogP contribution is 2.27. The lowest BCUT2D eigenvalue weighted by molar-refractivity contribution is -0.197. The van der Waals surface area contributed by atoms with Crippen LogP contribution in [0.5, 0.6) is 5.75 Å². The first-order valence-corrected chi connectivity index (χ1v) is 8.46. The van der Waals surface area contributed by atoms with Crippen LogP contribution < -0.4 is 4.74 Å². The average molecular weight is 304 g/mol. The summed E-state index contributed by atoms with van der Waals surface area (Å²) in [5.41, 5.74) is 1.05. The lowest BCUT2D eigenvalue weighted by Crippen LogP contribution is -2.25. The third-order valence-corrected chi connectivity index (χ3v) is 3.71. The molecule has 2 rings (SSSR count). The molecule has 22 heavy (non-hydrogen) atoms. The van der Waals surface area contributed by atoms with E-state index in [1.54, 1.807) is 0 Å². The fourth-order valence-electron chi connectivity index (χ4n) is 2.33. The molecular formula is C19H28O3. The minimum absolute atomic E-state index is 0.250. The first-order chi connectivity index (χ1) is 10.8. The van der Waals surface area contributed by atoms with Gasteiger partial charge in [0.2, 0.25) is 0 Å². The molecule has 0 radical (unpaired) electrons. The normalized spacial score (nSPS) is 22.1. The molecule has 0 saturated carbocycles. The van der Waals surface area contributed by atoms with Gasteiger partial charge in [-0.15, -0.1) is 0 Å². The zero-order valence-corrected chi connectivity index (χ0v) is 13.8. The van der Waals surface area contributed by atoms with Crippen LogP contribution >= 0.6 is 0 Å². The quantitative estimate of drug-likeness (QED) is 0.506. The van der Waals surface area contributed by atoms with Crippen molar-refractivity contribution in [2.75, 3.05) is 19.8 Å². The van der Waals surface area contributed by atoms with Crippen LogP contribution in [0.25, 0.3) is 0 Å². The van der Waals surface area contributed by atoms with Gasteiger partial charge in [0.15, 0.2) is 6.29 Å². The van der Waals surface area contributed by atoms with Gasteiger partial charge in [-0.25, -0.2) is 0 Å². The van der Waals surface area contributed by atoms with E-state index < -0.39 is 0 Å². The Kier molecular flexibility index (Phi) is 7.47. The minimum Gasteiger partial charge on any atom is -0.494 e. The monoisotopic (exact) mass is 304 g/mol. The van der Waals surface area contributed by atoms with Crippen LogP contribution in [0.1, 0.15) is 51.4 Å². The zero-order valence-electron chi connectivity index (χ0n) is 13.8. The molecule has 122 valence electrons. The Hall–Kier alpha value is -1.32. The van der Waals surface area contributed by atoms with Crippen LogP contribution in [-0.4, -0.2) is 19.8 Å². The van der Waals surface area contributed by atoms with Crippen molar-refractivity contribution >= 4 is 0 Å². The highest BCUT2D eigenvalue weighted by molar-refractivity contribution is 5.28. The van der Waals surface area contributed by atoms with E-state index in [9.17, 15) is 0 Å². The molecule has 3 nitrogen and oxygen atoms in total. The summed E-state index contributed by atoms with van der Waals surface area (Å²) in [6.45, 7) is 6.57. The fourth-order valence-corrected chi connectivity index (χ4v) is 2.33. The molecule has 0 unspecified atom stereocenters. The van der Waals surface area contributed by atoms with Crippen molar-refractivity contribution in [1.82, 2.24) is 0 Å². The lowest BCUT2D eigenvalue weighted by atomic mass is 10.1. The summed E-state index contributed by atoms with van der Waals surface area (Å²) in [6, 6.07) is 8.04. The Balaban J connectivity index is 1.78. The Morgan fingerprint density at radius 3 is 2.45 bits per heavy atom. The van der Waals surface area contributed by atoms with Gasteiger partial charge < -0.3 is 14.2 Å². The van der Waals surface area contributed by atoms with Gasteiger partial charge >= 0.3 is 0 Å². The highest BCUT2D eigenvalue weighted by atomic mass is 16.7. The van der Waals surface area contributed by atoms with Crippen LogP contribution in [0.15, 0.2) is 36.4 Å². The van der Waals surface area contributed by atoms with Crippen molar-refractivity contribution in [3.63, 3.8) is 0 Å². The molecule has 0 atom stereocenters. The maximum absolute atomic E-state index is 5.83. The molecule has 1 fully saturated rings. The second kappa shape index (κ2) is 9.65. The van der Waals surface area contributed by atoms with Crippen LogP contribution in [0.2, 0.25) is 0 Å². The molecule has 0 amide bonds. The zero-order chi connectivity index (χ0) is 15.6. The van der Waals surface area contributed by atoms with Gasteiger partial charge in [-0.1, -0.05) is 51.0 Å². The molecule has 1 aliphatic rings. The molecule has 0 aromatic heterocycles. The Labute approximate surface area is 134 Å². The van der Waals surface area contributed by atoms with Crippen LogP contribution in [0.4, 0.5) is 0 Å². The predicted molar refractivity (Wildman–Crippen MR) is 89.0 cm³/mol. The Morgan fingerprint density at radius 1 is 1.09 bits per heavy atom. The second-order valence-electron chi connectivity index (χ2n) is 5.75. The van der Waals surface area contributed by atoms with E-state index in [1.807, 2.05) is 24.3 Å². The van der Waals surface area contributed by atoms with E-state index in [-0.39, 0.29) is 6.29 Å². The Bertz CT molecular complexity index is 430. The van der Waals surface area contributed by atoms with Gasteiger partial charge in [0.25, 0.3) is 0 Å². The third kappa shape index (κ3) is 5.47. The molecule has 1 aromatic rings. The highest BCUT2D eigenvalue weighted by Gasteiger charge is 2.21. The summed E-state index contributed by atoms with van der Waals surface area (Å²) in [6.07, 6.45) is 8.73. The van der Waals surface area contributed by atoms with Crippen molar-refractivity contribution in [1.29, 1.82) is 0 Å². The summed E-state index contributed by atoms with van der Waals surface area (Å²) in [5.74, 6) is 1.29. The summed E-state index contributed by atoms with van der Waals surface area (Å²) < 4.78 is 17.3. The number of benzene rings is 1. The van der Waals surface area contributed by atoms with Crippen LogP contribution in [-0.2, 0) is 9.47 Å². The standard InChI is InChI=1S/C19H28O3/c1-3-5-7-8-16-14-21-19(22-15-16)17-9-11-18(12-10-17)20-13-6-4-2/h7-12,16,19H,3-6,13-15H2,1-2H3/b8-7+/t16-,19-. The summed E-state index contributed by atoms with van der Waals surface area (Å²) in [5, 5.41) is 0. The number of unbranched alkanes of at least 4 members (excludes halogenated alkanes) is 2. The van der Waals surface area contributed by atoms with Gasteiger partial charge in [0.1, 0.15) is 5.75 Å². The van der Waals surface area contributed by atoms with E-state index in [0.29, 0.717) is 5.92 Å². The summed E-state index contributed by atoms with van der Waals surface area (Å²) >= 11 is 0. The lowest BCUT2D eigenvalue weighted by Gasteiger charge is -2.28. The number of hydrogen-bond donors (Lipinski definition) is 0. The molecule has 0 N–H and O–H groups in total. The third-order valence-electron chi connectivity index (χ3n) is 3.71. The van der Waals surface area contributed by atoms with Crippen molar-refractivity contribution in [3.8, 4) is 5.75 Å². The predicted octanol–water partition coefficient (Wildman–Crippen LogP) is 4.88. The number of ether oxygens (including phenoxy) is 3. The number of rotatable bonds is 8. The van der Waals surface area contributed by atoms with Crippen molar-refractivity contribution in [3.05, 3.63) is 42.0 Å². The fraction of sp³-hybridized carbons (Fsp3) is 0.579. The number of hydrogen-bond acceptors (Lipinski definition) is 3. The minimum atomic E-state index is -0.250. The molecule has 1 aromatic carbocycles. The summed E-state index contributed by atoms with van der Waals surface area (Å²) in [7, 11) is 0. The smallest absolute Gasteiger partial charge is 0.183 e. The van der Waals surface area contributed by atoms with Gasteiger partial charge in [-0.05, 0) is 25.0 Å². The molecule has 1 aliphatic heterocycles. The first kappa shape index (κ1) is 17.0. The van der Waals surface area contributed by atoms with Crippen LogP contribution in [0.3, 0.4) is 0 Å². The molecule has 0 aliphatic carbocycles. The maximum atomic E-state index is 5.83. The average Bonchev–Trinajstić information content (AvgIpc) is 2.57. The molecular weight excluding hydrogens is 276 g/mol. The topological polar surface area (TPSA) is 27.7 Å². The van der Waals surface area contributed by atoms with E-state index in [0.717, 1.165) is 50.4 Å². The van der Waals surface area contributed by atoms with Crippen molar-refractivity contribution in [2.24, 2.45) is 5.92 Å². The Morgan fingerprint density at radius 2 is 1.82 bits per heavy atom. The first-order valence-electron chi connectivity index (χ1n) is 8.46. The van der Waals surface area contributed by atoms with Gasteiger partial charge in [0, 0.05) is 11.5 Å². The molecule has 0 bridgehead atoms. The maximum Gasteiger partial charge on any atom is 0.183 e. The SMILES string of the molecule is CCC/C=C/[C@H]1CO[C@H](c2ccc(OCCCC)cc2)OC1. The second-order valence-corrected chi connectivity index (χ2v) is 5.75. The van der Waals surface area contributed by atoms with Gasteiger partial charge in [-0.2, -0.15) is 0 Å². The van der Waals surface area contributed by atoms with E-state index in [4.69, 9.17) is 14.2 Å². The van der Waals surface area contributed by atoms with E-state index >= 15 is 0 Å². The largest absolute Gasteiger partial charge is 0.494 e. The van der Waals surface area contributed by atoms with Crippen molar-refractivity contribution in [2.45, 2.75) is 45.8 Å². The van der Waals surface area contributed by atoms with Gasteiger partial charge in [0.05, 0.1) is 19.8 Å². The van der Waals surface area contributed by atoms with Crippen LogP contribution in [0, 0.1) is 5.92 Å². The summed E-state index contributed by atoms with van der Waals surface area (Å²) in [4.78, 5) is 0. The van der Waals surface area contributed by atoms with E-state index in [2.05, 4.69) is 26.0 Å². The molecule has 1 saturated heterocycles. The van der Waals surface area contributed by atoms with E-state index in [1.165, 1.54) is 6.42 Å². The van der Waals surface area contributed by atoms with Gasteiger partial charge in [-0.3, -0.25) is 0 Å².